The van der Waals surface area contributed by atoms with Crippen LogP contribution in [0.15, 0.2) is 60.7 Å². The first-order valence-corrected chi connectivity index (χ1v) is 6.88. The summed E-state index contributed by atoms with van der Waals surface area (Å²) in [6.07, 6.45) is 4.28. The third-order valence-electron chi connectivity index (χ3n) is 3.25. The topological polar surface area (TPSA) is 21.3 Å². The van der Waals surface area contributed by atoms with Gasteiger partial charge in [0.2, 0.25) is 0 Å². The van der Waals surface area contributed by atoms with Crippen LogP contribution in [0, 0.1) is 0 Å². The highest BCUT2D eigenvalue weighted by molar-refractivity contribution is 5.48. The Kier molecular flexibility index (Phi) is 5.39. The minimum atomic E-state index is 0.297. The third-order valence-corrected chi connectivity index (χ3v) is 3.25. The fourth-order valence-electron chi connectivity index (χ4n) is 2.03. The van der Waals surface area contributed by atoms with E-state index in [-0.39, 0.29) is 0 Å². The molecule has 0 aromatic heterocycles. The van der Waals surface area contributed by atoms with Gasteiger partial charge in [0, 0.05) is 12.6 Å². The molecule has 0 spiro atoms. The second-order valence-corrected chi connectivity index (χ2v) is 4.72. The molecule has 2 rings (SSSR count). The van der Waals surface area contributed by atoms with Crippen LogP contribution >= 0.6 is 0 Å². The molecular weight excluding hydrogens is 246 g/mol. The van der Waals surface area contributed by atoms with Gasteiger partial charge in [-0.15, -0.1) is 0 Å². The Morgan fingerprint density at radius 3 is 2.65 bits per heavy atom. The summed E-state index contributed by atoms with van der Waals surface area (Å²) >= 11 is 0. The normalized spacial score (nSPS) is 12.5. The first-order valence-electron chi connectivity index (χ1n) is 6.88. The minimum absolute atomic E-state index is 0.297. The lowest BCUT2D eigenvalue weighted by Crippen LogP contribution is -2.18. The Labute approximate surface area is 121 Å². The van der Waals surface area contributed by atoms with Crippen molar-refractivity contribution in [2.75, 3.05) is 13.7 Å². The van der Waals surface area contributed by atoms with Crippen molar-refractivity contribution in [1.29, 1.82) is 0 Å². The summed E-state index contributed by atoms with van der Waals surface area (Å²) in [5.74, 6) is 0.899. The molecule has 0 saturated carbocycles. The van der Waals surface area contributed by atoms with E-state index in [0.717, 1.165) is 12.3 Å². The van der Waals surface area contributed by atoms with Crippen LogP contribution in [0.1, 0.15) is 24.1 Å². The molecular formula is C18H21NO. The largest absolute Gasteiger partial charge is 0.497 e. The maximum atomic E-state index is 5.25. The molecule has 0 unspecified atom stereocenters. The van der Waals surface area contributed by atoms with Crippen molar-refractivity contribution >= 4 is 6.08 Å². The monoisotopic (exact) mass is 267 g/mol. The molecule has 0 aliphatic heterocycles. The summed E-state index contributed by atoms with van der Waals surface area (Å²) in [6, 6.07) is 18.8. The first-order chi connectivity index (χ1) is 9.79. The molecule has 0 fully saturated rings. The third kappa shape index (κ3) is 4.25. The summed E-state index contributed by atoms with van der Waals surface area (Å²) in [6.45, 7) is 3.00. The van der Waals surface area contributed by atoms with Gasteiger partial charge in [0.25, 0.3) is 0 Å². The first kappa shape index (κ1) is 14.4. The zero-order valence-corrected chi connectivity index (χ0v) is 12.0. The fraction of sp³-hybridized carbons (Fsp3) is 0.222. The molecule has 2 aromatic carbocycles. The smallest absolute Gasteiger partial charge is 0.119 e. The molecule has 0 aliphatic carbocycles. The zero-order valence-electron chi connectivity index (χ0n) is 12.0. The van der Waals surface area contributed by atoms with E-state index in [1.165, 1.54) is 11.1 Å². The summed E-state index contributed by atoms with van der Waals surface area (Å²) in [7, 11) is 1.69. The second kappa shape index (κ2) is 7.51. The Hall–Kier alpha value is -2.06. The molecule has 0 aliphatic rings. The van der Waals surface area contributed by atoms with Gasteiger partial charge in [-0.25, -0.2) is 0 Å². The van der Waals surface area contributed by atoms with Gasteiger partial charge in [-0.2, -0.15) is 0 Å². The van der Waals surface area contributed by atoms with Gasteiger partial charge in [0.15, 0.2) is 0 Å². The van der Waals surface area contributed by atoms with Gasteiger partial charge in [0.1, 0.15) is 5.75 Å². The van der Waals surface area contributed by atoms with E-state index in [1.807, 2.05) is 30.3 Å². The molecule has 0 amide bonds. The SMILES string of the molecule is COc1cccc([C@H](C)NC/C=C/c2ccccc2)c1. The molecule has 2 aromatic rings. The Bertz CT molecular complexity index is 548. The van der Waals surface area contributed by atoms with Crippen LogP contribution in [-0.2, 0) is 0 Å². The van der Waals surface area contributed by atoms with Crippen molar-refractivity contribution in [3.8, 4) is 5.75 Å². The number of methoxy groups -OCH3 is 1. The number of nitrogens with one attached hydrogen (secondary N) is 1. The van der Waals surface area contributed by atoms with Crippen LogP contribution in [0.25, 0.3) is 6.08 Å². The van der Waals surface area contributed by atoms with Crippen LogP contribution in [0.2, 0.25) is 0 Å². The number of hydrogen-bond donors (Lipinski definition) is 1. The zero-order chi connectivity index (χ0) is 14.2. The van der Waals surface area contributed by atoms with E-state index in [9.17, 15) is 0 Å². The number of benzene rings is 2. The number of ether oxygens (including phenoxy) is 1. The van der Waals surface area contributed by atoms with E-state index < -0.39 is 0 Å². The van der Waals surface area contributed by atoms with Gasteiger partial charge in [-0.1, -0.05) is 54.6 Å². The maximum absolute atomic E-state index is 5.25. The molecule has 2 heteroatoms. The van der Waals surface area contributed by atoms with Gasteiger partial charge in [0.05, 0.1) is 7.11 Å². The average Bonchev–Trinajstić information content (AvgIpc) is 2.52. The summed E-state index contributed by atoms with van der Waals surface area (Å²) in [4.78, 5) is 0. The minimum Gasteiger partial charge on any atom is -0.497 e. The summed E-state index contributed by atoms with van der Waals surface area (Å²) in [5.41, 5.74) is 2.46. The molecule has 1 N–H and O–H groups in total. The van der Waals surface area contributed by atoms with Crippen molar-refractivity contribution in [3.05, 3.63) is 71.8 Å². The highest BCUT2D eigenvalue weighted by Crippen LogP contribution is 2.18. The van der Waals surface area contributed by atoms with Gasteiger partial charge < -0.3 is 10.1 Å². The van der Waals surface area contributed by atoms with E-state index in [2.05, 4.69) is 48.7 Å². The van der Waals surface area contributed by atoms with Crippen LogP contribution in [0.4, 0.5) is 0 Å². The lowest BCUT2D eigenvalue weighted by molar-refractivity contribution is 0.413. The average molecular weight is 267 g/mol. The molecule has 0 saturated heterocycles. The lowest BCUT2D eigenvalue weighted by Gasteiger charge is -2.13. The molecule has 1 atom stereocenters. The number of hydrogen-bond acceptors (Lipinski definition) is 2. The summed E-state index contributed by atoms with van der Waals surface area (Å²) < 4.78 is 5.25. The van der Waals surface area contributed by atoms with E-state index in [4.69, 9.17) is 4.74 Å². The van der Waals surface area contributed by atoms with Gasteiger partial charge >= 0.3 is 0 Å². The Morgan fingerprint density at radius 2 is 1.90 bits per heavy atom. The number of rotatable bonds is 6. The maximum Gasteiger partial charge on any atom is 0.119 e. The molecule has 0 heterocycles. The standard InChI is InChI=1S/C18H21NO/c1-15(17-11-6-12-18(14-17)20-2)19-13-7-10-16-8-4-3-5-9-16/h3-12,14-15,19H,13H2,1-2H3/b10-7+/t15-/m0/s1. The van der Waals surface area contributed by atoms with Gasteiger partial charge in [-0.3, -0.25) is 0 Å². The van der Waals surface area contributed by atoms with Crippen LogP contribution in [0.3, 0.4) is 0 Å². The van der Waals surface area contributed by atoms with Crippen molar-refractivity contribution in [1.82, 2.24) is 5.32 Å². The second-order valence-electron chi connectivity index (χ2n) is 4.72. The quantitative estimate of drug-likeness (QED) is 0.852. The molecule has 0 radical (unpaired) electrons. The van der Waals surface area contributed by atoms with E-state index in [0.29, 0.717) is 6.04 Å². The summed E-state index contributed by atoms with van der Waals surface area (Å²) in [5, 5.41) is 3.48. The predicted molar refractivity (Wildman–Crippen MR) is 84.9 cm³/mol. The Balaban J connectivity index is 1.85. The van der Waals surface area contributed by atoms with Crippen molar-refractivity contribution in [3.63, 3.8) is 0 Å². The highest BCUT2D eigenvalue weighted by Gasteiger charge is 2.04. The van der Waals surface area contributed by atoms with Crippen molar-refractivity contribution in [2.45, 2.75) is 13.0 Å². The van der Waals surface area contributed by atoms with Gasteiger partial charge in [-0.05, 0) is 30.2 Å². The fourth-order valence-corrected chi connectivity index (χ4v) is 2.03. The Morgan fingerprint density at radius 1 is 1.10 bits per heavy atom. The van der Waals surface area contributed by atoms with Crippen molar-refractivity contribution < 1.29 is 4.74 Å². The van der Waals surface area contributed by atoms with Crippen LogP contribution in [-0.4, -0.2) is 13.7 Å². The van der Waals surface area contributed by atoms with Crippen LogP contribution in [0.5, 0.6) is 5.75 Å². The lowest BCUT2D eigenvalue weighted by atomic mass is 10.1. The van der Waals surface area contributed by atoms with Crippen molar-refractivity contribution in [2.24, 2.45) is 0 Å². The highest BCUT2D eigenvalue weighted by atomic mass is 16.5. The predicted octanol–water partition coefficient (Wildman–Crippen LogP) is 4.06. The van der Waals surface area contributed by atoms with E-state index in [1.54, 1.807) is 7.11 Å². The molecule has 104 valence electrons. The van der Waals surface area contributed by atoms with E-state index >= 15 is 0 Å². The van der Waals surface area contributed by atoms with Crippen LogP contribution < -0.4 is 10.1 Å². The molecule has 2 nitrogen and oxygen atoms in total. The molecule has 20 heavy (non-hydrogen) atoms. The molecule has 0 bridgehead atoms.